The molecule has 0 aromatic heterocycles. The highest BCUT2D eigenvalue weighted by Gasteiger charge is 1.98. The highest BCUT2D eigenvalue weighted by molar-refractivity contribution is 5.01. The third-order valence-electron chi connectivity index (χ3n) is 5.08. The van der Waals surface area contributed by atoms with Gasteiger partial charge in [0.15, 0.2) is 0 Å². The van der Waals surface area contributed by atoms with Gasteiger partial charge in [-0.3, -0.25) is 0 Å². The summed E-state index contributed by atoms with van der Waals surface area (Å²) in [5.74, 6) is 0. The number of allylic oxidation sites excluding steroid dienone is 3. The largest absolute Gasteiger partial charge is 0.634 e. The molecule has 2 nitrogen and oxygen atoms in total. The van der Waals surface area contributed by atoms with Crippen LogP contribution >= 0.6 is 0 Å². The molecule has 0 aliphatic carbocycles. The number of hydrogen-bond acceptors (Lipinski definition) is 1. The van der Waals surface area contributed by atoms with Crippen LogP contribution in [0, 0.1) is 5.21 Å². The minimum Gasteiger partial charge on any atom is -0.634 e. The molecule has 1 N–H and O–H groups in total. The maximum atomic E-state index is 12.0. The SMILES string of the molecule is CCCCCCCCCCCCCC[NH+]([O-])C/C=C(\C)CCC=C(C)C. The lowest BCUT2D eigenvalue weighted by Crippen LogP contribution is -3.06. The van der Waals surface area contributed by atoms with Crippen molar-refractivity contribution in [2.45, 2.75) is 118 Å². The van der Waals surface area contributed by atoms with Gasteiger partial charge < -0.3 is 10.3 Å². The average molecular weight is 366 g/mol. The summed E-state index contributed by atoms with van der Waals surface area (Å²) in [5, 5.41) is 12.4. The first kappa shape index (κ1) is 25.4. The van der Waals surface area contributed by atoms with Gasteiger partial charge in [0.25, 0.3) is 0 Å². The van der Waals surface area contributed by atoms with E-state index in [1.54, 1.807) is 0 Å². The Morgan fingerprint density at radius 2 is 1.23 bits per heavy atom. The summed E-state index contributed by atoms with van der Waals surface area (Å²) in [7, 11) is 0. The Morgan fingerprint density at radius 1 is 0.731 bits per heavy atom. The standard InChI is InChI=1S/C24H47NO/c1-5-6-7-8-9-10-11-12-13-14-15-16-21-25(26)22-20-24(4)19-17-18-23(2)3/h18,20,25H,5-17,19,21-22H2,1-4H3/b24-20+. The third-order valence-corrected chi connectivity index (χ3v) is 5.08. The van der Waals surface area contributed by atoms with Gasteiger partial charge in [0.2, 0.25) is 0 Å². The molecule has 0 spiro atoms. The minimum absolute atomic E-state index is 0.415. The summed E-state index contributed by atoms with van der Waals surface area (Å²) in [5.41, 5.74) is 2.73. The van der Waals surface area contributed by atoms with E-state index >= 15 is 0 Å². The van der Waals surface area contributed by atoms with Gasteiger partial charge in [-0.1, -0.05) is 88.4 Å². The van der Waals surface area contributed by atoms with Crippen LogP contribution in [0.1, 0.15) is 118 Å². The fourth-order valence-electron chi connectivity index (χ4n) is 3.24. The molecule has 0 rings (SSSR count). The highest BCUT2D eigenvalue weighted by atomic mass is 16.5. The van der Waals surface area contributed by atoms with Crippen molar-refractivity contribution in [2.75, 3.05) is 13.1 Å². The Hall–Kier alpha value is -0.600. The zero-order valence-electron chi connectivity index (χ0n) is 18.4. The van der Waals surface area contributed by atoms with Crippen molar-refractivity contribution in [1.29, 1.82) is 0 Å². The second kappa shape index (κ2) is 19.2. The van der Waals surface area contributed by atoms with Crippen molar-refractivity contribution in [3.8, 4) is 0 Å². The molecule has 0 heterocycles. The third kappa shape index (κ3) is 19.7. The minimum atomic E-state index is 0.415. The van der Waals surface area contributed by atoms with Crippen molar-refractivity contribution >= 4 is 0 Å². The van der Waals surface area contributed by atoms with Crippen LogP contribution in [0.4, 0.5) is 0 Å². The molecule has 26 heavy (non-hydrogen) atoms. The van der Waals surface area contributed by atoms with Gasteiger partial charge in [-0.2, -0.15) is 0 Å². The van der Waals surface area contributed by atoms with Gasteiger partial charge in [0.05, 0.1) is 13.1 Å². The number of quaternary nitrogens is 1. The molecule has 0 saturated heterocycles. The number of hydroxylamine groups is 2. The molecule has 0 saturated carbocycles. The lowest BCUT2D eigenvalue weighted by molar-refractivity contribution is -0.841. The van der Waals surface area contributed by atoms with Crippen LogP contribution in [0.2, 0.25) is 0 Å². The van der Waals surface area contributed by atoms with E-state index in [1.807, 2.05) is 0 Å². The first-order chi connectivity index (χ1) is 12.6. The summed E-state index contributed by atoms with van der Waals surface area (Å²) in [4.78, 5) is 0. The molecular formula is C24H47NO. The number of rotatable bonds is 18. The quantitative estimate of drug-likeness (QED) is 0.162. The van der Waals surface area contributed by atoms with Gasteiger partial charge >= 0.3 is 0 Å². The van der Waals surface area contributed by atoms with E-state index in [9.17, 15) is 5.21 Å². The monoisotopic (exact) mass is 365 g/mol. The van der Waals surface area contributed by atoms with Crippen LogP contribution in [-0.2, 0) is 0 Å². The van der Waals surface area contributed by atoms with Gasteiger partial charge in [-0.15, -0.1) is 0 Å². The highest BCUT2D eigenvalue weighted by Crippen LogP contribution is 2.11. The van der Waals surface area contributed by atoms with Crippen LogP contribution in [0.3, 0.4) is 0 Å². The van der Waals surface area contributed by atoms with E-state index in [4.69, 9.17) is 0 Å². The van der Waals surface area contributed by atoms with E-state index in [2.05, 4.69) is 39.8 Å². The van der Waals surface area contributed by atoms with Gasteiger partial charge in [-0.05, 0) is 52.5 Å². The summed E-state index contributed by atoms with van der Waals surface area (Å²) in [6.07, 6.45) is 22.8. The zero-order valence-corrected chi connectivity index (χ0v) is 18.4. The van der Waals surface area contributed by atoms with Crippen molar-refractivity contribution < 1.29 is 5.06 Å². The molecule has 0 amide bonds. The van der Waals surface area contributed by atoms with Crippen molar-refractivity contribution in [2.24, 2.45) is 0 Å². The Labute approximate surface area is 164 Å². The molecular weight excluding hydrogens is 318 g/mol. The lowest BCUT2D eigenvalue weighted by atomic mass is 10.1. The predicted molar refractivity (Wildman–Crippen MR) is 118 cm³/mol. The van der Waals surface area contributed by atoms with Crippen LogP contribution in [0.25, 0.3) is 0 Å². The van der Waals surface area contributed by atoms with E-state index in [1.165, 1.54) is 81.8 Å². The lowest BCUT2D eigenvalue weighted by Gasteiger charge is -2.20. The molecule has 2 heteroatoms. The topological polar surface area (TPSA) is 27.5 Å². The molecule has 0 aliphatic rings. The Morgan fingerprint density at radius 3 is 1.73 bits per heavy atom. The summed E-state index contributed by atoms with van der Waals surface area (Å²) >= 11 is 0. The van der Waals surface area contributed by atoms with Crippen molar-refractivity contribution in [3.05, 3.63) is 28.5 Å². The molecule has 0 fully saturated rings. The number of nitrogens with one attached hydrogen (secondary N) is 1. The fourth-order valence-corrected chi connectivity index (χ4v) is 3.24. The molecule has 0 aliphatic heterocycles. The second-order valence-corrected chi connectivity index (χ2v) is 8.25. The Kier molecular flexibility index (Phi) is 18.7. The predicted octanol–water partition coefficient (Wildman–Crippen LogP) is 6.76. The van der Waals surface area contributed by atoms with E-state index in [0.717, 1.165) is 25.8 Å². The molecule has 0 aromatic carbocycles. The van der Waals surface area contributed by atoms with Gasteiger partial charge in [0, 0.05) is 0 Å². The smallest absolute Gasteiger partial charge is 0.0957 e. The molecule has 1 unspecified atom stereocenters. The summed E-state index contributed by atoms with van der Waals surface area (Å²) in [6.45, 7) is 10.1. The number of hydrogen-bond donors (Lipinski definition) is 1. The van der Waals surface area contributed by atoms with Gasteiger partial charge in [0.1, 0.15) is 0 Å². The summed E-state index contributed by atoms with van der Waals surface area (Å²) in [6, 6.07) is 0. The first-order valence-electron chi connectivity index (χ1n) is 11.4. The van der Waals surface area contributed by atoms with Crippen LogP contribution in [-0.4, -0.2) is 13.1 Å². The van der Waals surface area contributed by atoms with Crippen LogP contribution in [0.15, 0.2) is 23.3 Å². The normalized spacial score (nSPS) is 13.0. The second-order valence-electron chi connectivity index (χ2n) is 8.25. The van der Waals surface area contributed by atoms with E-state index in [0.29, 0.717) is 11.6 Å². The molecule has 154 valence electrons. The maximum absolute atomic E-state index is 12.0. The van der Waals surface area contributed by atoms with Crippen molar-refractivity contribution in [1.82, 2.24) is 0 Å². The Bertz CT molecular complexity index is 355. The Balaban J connectivity index is 3.40. The zero-order chi connectivity index (χ0) is 19.5. The first-order valence-corrected chi connectivity index (χ1v) is 11.4. The summed E-state index contributed by atoms with van der Waals surface area (Å²) < 4.78 is 0. The molecule has 0 radical (unpaired) electrons. The molecule has 0 aromatic rings. The van der Waals surface area contributed by atoms with Crippen LogP contribution in [0.5, 0.6) is 0 Å². The average Bonchev–Trinajstić information content (AvgIpc) is 2.60. The maximum Gasteiger partial charge on any atom is 0.0957 e. The van der Waals surface area contributed by atoms with Crippen LogP contribution < -0.4 is 5.06 Å². The van der Waals surface area contributed by atoms with E-state index < -0.39 is 0 Å². The molecule has 1 atom stereocenters. The molecule has 0 bridgehead atoms. The van der Waals surface area contributed by atoms with E-state index in [-0.39, 0.29) is 0 Å². The van der Waals surface area contributed by atoms with Crippen molar-refractivity contribution in [3.63, 3.8) is 0 Å². The fraction of sp³-hybridized carbons (Fsp3) is 0.833. The van der Waals surface area contributed by atoms with Gasteiger partial charge in [-0.25, -0.2) is 0 Å². The number of unbranched alkanes of at least 4 members (excludes halogenated alkanes) is 11.